The number of hydrazone groups is 1. The van der Waals surface area contributed by atoms with Crippen molar-refractivity contribution in [2.24, 2.45) is 5.10 Å². The average Bonchev–Trinajstić information content (AvgIpc) is 3.35. The number of fused-ring (bicyclic) bond motifs is 2. The van der Waals surface area contributed by atoms with Gasteiger partial charge in [0.15, 0.2) is 5.84 Å². The van der Waals surface area contributed by atoms with Crippen molar-refractivity contribution in [2.75, 3.05) is 15.2 Å². The standard InChI is InChI=1S/C27H16BrCl3N4O/c28-17-11-12-23-21(14-17)27(26(36)32-23)34(20-8-4-7-19(30)15-20)25(16-5-3-6-18(29)13-16)33-35(27)24-10-2-1-9-22(24)31/h1-15H,(H,32,36). The van der Waals surface area contributed by atoms with Gasteiger partial charge in [-0.25, -0.2) is 5.01 Å². The van der Waals surface area contributed by atoms with Gasteiger partial charge in [0, 0.05) is 37.0 Å². The maximum Gasteiger partial charge on any atom is 0.278 e. The van der Waals surface area contributed by atoms with E-state index in [-0.39, 0.29) is 5.91 Å². The molecule has 9 heteroatoms. The van der Waals surface area contributed by atoms with Gasteiger partial charge in [0.05, 0.1) is 10.7 Å². The van der Waals surface area contributed by atoms with Crippen molar-refractivity contribution in [2.45, 2.75) is 5.66 Å². The van der Waals surface area contributed by atoms with Crippen LogP contribution in [-0.4, -0.2) is 11.7 Å². The van der Waals surface area contributed by atoms with E-state index in [0.717, 1.165) is 10.0 Å². The number of amidine groups is 1. The lowest BCUT2D eigenvalue weighted by Crippen LogP contribution is -2.58. The Bertz CT molecular complexity index is 1580. The Kier molecular flexibility index (Phi) is 5.73. The molecule has 4 aromatic rings. The van der Waals surface area contributed by atoms with Gasteiger partial charge in [-0.1, -0.05) is 81.1 Å². The topological polar surface area (TPSA) is 47.9 Å². The predicted octanol–water partition coefficient (Wildman–Crippen LogP) is 7.90. The molecule has 0 saturated carbocycles. The number of hydrogen-bond acceptors (Lipinski definition) is 4. The number of carbonyl (C=O) groups is 1. The third-order valence-corrected chi connectivity index (χ3v) is 7.47. The first-order valence-electron chi connectivity index (χ1n) is 11.0. The molecule has 0 aliphatic carbocycles. The van der Waals surface area contributed by atoms with Crippen LogP contribution in [0.5, 0.6) is 0 Å². The molecule has 6 rings (SSSR count). The molecule has 1 spiro atoms. The van der Waals surface area contributed by atoms with E-state index in [9.17, 15) is 4.79 Å². The van der Waals surface area contributed by atoms with Crippen LogP contribution in [0.4, 0.5) is 17.1 Å². The minimum Gasteiger partial charge on any atom is -0.322 e. The van der Waals surface area contributed by atoms with Crippen molar-refractivity contribution in [3.8, 4) is 0 Å². The number of carbonyl (C=O) groups excluding carboxylic acids is 1. The zero-order valence-corrected chi connectivity index (χ0v) is 22.3. The van der Waals surface area contributed by atoms with Crippen LogP contribution < -0.4 is 15.2 Å². The van der Waals surface area contributed by atoms with E-state index in [4.69, 9.17) is 39.9 Å². The highest BCUT2D eigenvalue weighted by atomic mass is 79.9. The number of benzene rings is 4. The largest absolute Gasteiger partial charge is 0.322 e. The molecule has 0 saturated heterocycles. The minimum absolute atomic E-state index is 0.281. The number of amides is 1. The number of nitrogens with zero attached hydrogens (tertiary/aromatic N) is 3. The monoisotopic (exact) mass is 596 g/mol. The van der Waals surface area contributed by atoms with E-state index in [1.165, 1.54) is 0 Å². The highest BCUT2D eigenvalue weighted by molar-refractivity contribution is 9.10. The molecule has 0 bridgehead atoms. The molecule has 0 fully saturated rings. The molecule has 1 unspecified atom stereocenters. The summed E-state index contributed by atoms with van der Waals surface area (Å²) in [5.41, 5.74) is 1.93. The van der Waals surface area contributed by atoms with Gasteiger partial charge in [-0.15, -0.1) is 0 Å². The zero-order chi connectivity index (χ0) is 25.0. The Balaban J connectivity index is 1.73. The molecule has 1 amide bonds. The van der Waals surface area contributed by atoms with E-state index in [2.05, 4.69) is 21.2 Å². The average molecular weight is 599 g/mol. The molecule has 1 N–H and O–H groups in total. The van der Waals surface area contributed by atoms with Crippen LogP contribution in [0, 0.1) is 0 Å². The van der Waals surface area contributed by atoms with Crippen LogP contribution in [0.2, 0.25) is 15.1 Å². The van der Waals surface area contributed by atoms with Gasteiger partial charge in [-0.2, -0.15) is 5.10 Å². The van der Waals surface area contributed by atoms with E-state index < -0.39 is 5.66 Å². The van der Waals surface area contributed by atoms with E-state index in [1.54, 1.807) is 23.2 Å². The van der Waals surface area contributed by atoms with Crippen LogP contribution >= 0.6 is 50.7 Å². The Labute approximate surface area is 231 Å². The third-order valence-electron chi connectivity index (χ3n) is 6.19. The molecule has 4 aromatic carbocycles. The maximum absolute atomic E-state index is 14.2. The molecule has 36 heavy (non-hydrogen) atoms. The summed E-state index contributed by atoms with van der Waals surface area (Å²) in [7, 11) is 0. The van der Waals surface area contributed by atoms with Crippen LogP contribution in [-0.2, 0) is 10.5 Å². The van der Waals surface area contributed by atoms with Gasteiger partial charge < -0.3 is 5.32 Å². The molecular formula is C27H16BrCl3N4O. The summed E-state index contributed by atoms with van der Waals surface area (Å²) in [4.78, 5) is 16.1. The zero-order valence-electron chi connectivity index (χ0n) is 18.4. The van der Waals surface area contributed by atoms with Gasteiger partial charge in [-0.3, -0.25) is 9.69 Å². The Morgan fingerprint density at radius 3 is 2.33 bits per heavy atom. The molecule has 178 valence electrons. The number of para-hydroxylation sites is 1. The summed E-state index contributed by atoms with van der Waals surface area (Å²) < 4.78 is 0.818. The van der Waals surface area contributed by atoms with E-state index >= 15 is 0 Å². The Hall–Kier alpha value is -3.03. The van der Waals surface area contributed by atoms with Gasteiger partial charge in [0.2, 0.25) is 5.66 Å². The summed E-state index contributed by atoms with van der Waals surface area (Å²) in [5, 5.41) is 11.3. The second-order valence-corrected chi connectivity index (χ2v) is 10.5. The number of halogens is 4. The summed E-state index contributed by atoms with van der Waals surface area (Å²) in [6.07, 6.45) is 0. The summed E-state index contributed by atoms with van der Waals surface area (Å²) in [5.74, 6) is 0.235. The fourth-order valence-electron chi connectivity index (χ4n) is 4.73. The number of rotatable bonds is 3. The first-order valence-corrected chi connectivity index (χ1v) is 12.9. The molecule has 5 nitrogen and oxygen atoms in total. The van der Waals surface area contributed by atoms with Gasteiger partial charge in [-0.05, 0) is 60.7 Å². The van der Waals surface area contributed by atoms with Crippen molar-refractivity contribution in [3.63, 3.8) is 0 Å². The second kappa shape index (κ2) is 8.82. The first-order chi connectivity index (χ1) is 17.4. The number of nitrogens with one attached hydrogen (secondary N) is 1. The normalized spacial score (nSPS) is 18.4. The molecule has 0 radical (unpaired) electrons. The fraction of sp³-hybridized carbons (Fsp3) is 0.0370. The van der Waals surface area contributed by atoms with Crippen LogP contribution in [0.3, 0.4) is 0 Å². The Morgan fingerprint density at radius 2 is 1.58 bits per heavy atom. The molecule has 0 aromatic heterocycles. The molecule has 2 heterocycles. The van der Waals surface area contributed by atoms with Gasteiger partial charge >= 0.3 is 0 Å². The molecule has 2 aliphatic rings. The highest BCUT2D eigenvalue weighted by Crippen LogP contribution is 2.52. The number of hydrogen-bond donors (Lipinski definition) is 1. The second-order valence-electron chi connectivity index (χ2n) is 8.33. The predicted molar refractivity (Wildman–Crippen MR) is 150 cm³/mol. The van der Waals surface area contributed by atoms with Crippen molar-refractivity contribution in [1.29, 1.82) is 0 Å². The SMILES string of the molecule is O=C1Nc2ccc(Br)cc2C12N(c1ccccc1Cl)N=C(c1cccc(Cl)c1)N2c1cccc(Cl)c1. The van der Waals surface area contributed by atoms with Crippen LogP contribution in [0.1, 0.15) is 11.1 Å². The lowest BCUT2D eigenvalue weighted by molar-refractivity contribution is -0.120. The summed E-state index contributed by atoms with van der Waals surface area (Å²) in [6, 6.07) is 27.7. The van der Waals surface area contributed by atoms with Crippen molar-refractivity contribution in [1.82, 2.24) is 0 Å². The smallest absolute Gasteiger partial charge is 0.278 e. The lowest BCUT2D eigenvalue weighted by atomic mass is 9.95. The Morgan fingerprint density at radius 1 is 0.833 bits per heavy atom. The molecule has 1 atom stereocenters. The van der Waals surface area contributed by atoms with Crippen molar-refractivity contribution in [3.05, 3.63) is 122 Å². The first kappa shape index (κ1) is 23.4. The summed E-state index contributed by atoms with van der Waals surface area (Å²) in [6.45, 7) is 0. The van der Waals surface area contributed by atoms with Crippen molar-refractivity contribution >= 4 is 79.5 Å². The highest BCUT2D eigenvalue weighted by Gasteiger charge is 2.62. The fourth-order valence-corrected chi connectivity index (χ4v) is 5.68. The lowest BCUT2D eigenvalue weighted by Gasteiger charge is -2.40. The van der Waals surface area contributed by atoms with E-state index in [1.807, 2.05) is 77.7 Å². The molecular weight excluding hydrogens is 583 g/mol. The molecule has 2 aliphatic heterocycles. The minimum atomic E-state index is -1.44. The maximum atomic E-state index is 14.2. The van der Waals surface area contributed by atoms with Crippen LogP contribution in [0.15, 0.2) is 101 Å². The summed E-state index contributed by atoms with van der Waals surface area (Å²) >= 11 is 23.1. The van der Waals surface area contributed by atoms with Gasteiger partial charge in [0.1, 0.15) is 0 Å². The van der Waals surface area contributed by atoms with Crippen LogP contribution in [0.25, 0.3) is 0 Å². The third kappa shape index (κ3) is 3.51. The quantitative estimate of drug-likeness (QED) is 0.261. The van der Waals surface area contributed by atoms with E-state index in [0.29, 0.717) is 43.5 Å². The van der Waals surface area contributed by atoms with Gasteiger partial charge in [0.25, 0.3) is 5.91 Å². The number of anilines is 3. The van der Waals surface area contributed by atoms with Crippen molar-refractivity contribution < 1.29 is 4.79 Å².